The van der Waals surface area contributed by atoms with Crippen LogP contribution in [0, 0.1) is 0 Å². The molecule has 0 saturated carbocycles. The summed E-state index contributed by atoms with van der Waals surface area (Å²) >= 11 is 0. The molecule has 1 aliphatic heterocycles. The smallest absolute Gasteiger partial charge is 0.253 e. The van der Waals surface area contributed by atoms with Crippen molar-refractivity contribution in [3.63, 3.8) is 0 Å². The minimum absolute atomic E-state index is 0.0375. The van der Waals surface area contributed by atoms with Crippen LogP contribution in [0.25, 0.3) is 0 Å². The molecule has 5 nitrogen and oxygen atoms in total. The molecule has 1 aromatic rings. The first-order valence-corrected chi connectivity index (χ1v) is 6.81. The molecule has 1 amide bonds. The van der Waals surface area contributed by atoms with Crippen molar-refractivity contribution in [2.75, 3.05) is 39.8 Å². The standard InChI is InChI=1S/C14H22N4O/c1-3-18-8-7-17(2)10-13(11-18)16-14(19)12-5-4-6-15-9-12/h4-6,9,13H,3,7-8,10-11H2,1-2H3,(H,16,19). The number of likely N-dealkylation sites (N-methyl/N-ethyl adjacent to an activating group) is 2. The number of pyridine rings is 1. The van der Waals surface area contributed by atoms with Crippen LogP contribution < -0.4 is 5.32 Å². The van der Waals surface area contributed by atoms with Crippen molar-refractivity contribution in [1.82, 2.24) is 20.1 Å². The lowest BCUT2D eigenvalue weighted by Gasteiger charge is -2.23. The Morgan fingerprint density at radius 2 is 2.32 bits per heavy atom. The zero-order chi connectivity index (χ0) is 13.7. The van der Waals surface area contributed by atoms with E-state index in [1.165, 1.54) is 0 Å². The number of hydrogen-bond acceptors (Lipinski definition) is 4. The van der Waals surface area contributed by atoms with E-state index in [9.17, 15) is 4.79 Å². The zero-order valence-electron chi connectivity index (χ0n) is 11.7. The third-order valence-corrected chi connectivity index (χ3v) is 3.51. The SMILES string of the molecule is CCN1CCN(C)CC(NC(=O)c2cccnc2)C1. The lowest BCUT2D eigenvalue weighted by atomic mass is 10.2. The number of hydrogen-bond donors (Lipinski definition) is 1. The molecule has 104 valence electrons. The predicted octanol–water partition coefficient (Wildman–Crippen LogP) is 0.447. The lowest BCUT2D eigenvalue weighted by Crippen LogP contribution is -2.46. The van der Waals surface area contributed by atoms with Crippen molar-refractivity contribution in [1.29, 1.82) is 0 Å². The third kappa shape index (κ3) is 4.01. The molecule has 1 saturated heterocycles. The first-order valence-electron chi connectivity index (χ1n) is 6.81. The summed E-state index contributed by atoms with van der Waals surface area (Å²) in [6.45, 7) is 7.09. The molecular formula is C14H22N4O. The molecule has 1 aromatic heterocycles. The van der Waals surface area contributed by atoms with Crippen LogP contribution in [0.2, 0.25) is 0 Å². The van der Waals surface area contributed by atoms with Gasteiger partial charge in [0.2, 0.25) is 0 Å². The molecular weight excluding hydrogens is 240 g/mol. The molecule has 1 unspecified atom stereocenters. The van der Waals surface area contributed by atoms with Crippen molar-refractivity contribution in [2.24, 2.45) is 0 Å². The largest absolute Gasteiger partial charge is 0.347 e. The van der Waals surface area contributed by atoms with Crippen molar-refractivity contribution in [3.05, 3.63) is 30.1 Å². The van der Waals surface area contributed by atoms with E-state index >= 15 is 0 Å². The van der Waals surface area contributed by atoms with Gasteiger partial charge in [-0.2, -0.15) is 0 Å². The van der Waals surface area contributed by atoms with E-state index in [1.807, 2.05) is 0 Å². The minimum Gasteiger partial charge on any atom is -0.347 e. The fourth-order valence-electron chi connectivity index (χ4n) is 2.38. The zero-order valence-corrected chi connectivity index (χ0v) is 11.7. The van der Waals surface area contributed by atoms with Gasteiger partial charge in [0.1, 0.15) is 0 Å². The Bertz CT molecular complexity index is 409. The van der Waals surface area contributed by atoms with E-state index in [0.29, 0.717) is 5.56 Å². The molecule has 1 aliphatic rings. The Kier molecular flexibility index (Phi) is 4.87. The fraction of sp³-hybridized carbons (Fsp3) is 0.571. The van der Waals surface area contributed by atoms with Gasteiger partial charge in [-0.25, -0.2) is 0 Å². The fourth-order valence-corrected chi connectivity index (χ4v) is 2.38. The van der Waals surface area contributed by atoms with E-state index < -0.39 is 0 Å². The van der Waals surface area contributed by atoms with Gasteiger partial charge >= 0.3 is 0 Å². The summed E-state index contributed by atoms with van der Waals surface area (Å²) in [5, 5.41) is 3.11. The van der Waals surface area contributed by atoms with Gasteiger partial charge in [-0.1, -0.05) is 6.92 Å². The monoisotopic (exact) mass is 262 g/mol. The number of aromatic nitrogens is 1. The summed E-state index contributed by atoms with van der Waals surface area (Å²) in [4.78, 5) is 20.8. The Hall–Kier alpha value is -1.46. The molecule has 0 aliphatic carbocycles. The van der Waals surface area contributed by atoms with Crippen molar-refractivity contribution >= 4 is 5.91 Å². The second-order valence-electron chi connectivity index (χ2n) is 5.07. The topological polar surface area (TPSA) is 48.5 Å². The van der Waals surface area contributed by atoms with Crippen LogP contribution in [0.5, 0.6) is 0 Å². The summed E-state index contributed by atoms with van der Waals surface area (Å²) < 4.78 is 0. The molecule has 0 aromatic carbocycles. The molecule has 1 N–H and O–H groups in total. The maximum Gasteiger partial charge on any atom is 0.253 e. The average molecular weight is 262 g/mol. The molecule has 0 radical (unpaired) electrons. The number of rotatable bonds is 3. The van der Waals surface area contributed by atoms with Crippen LogP contribution in [0.3, 0.4) is 0 Å². The Morgan fingerprint density at radius 3 is 3.00 bits per heavy atom. The summed E-state index contributed by atoms with van der Waals surface area (Å²) in [6.07, 6.45) is 3.28. The number of carbonyl (C=O) groups excluding carboxylic acids is 1. The molecule has 2 heterocycles. The first kappa shape index (κ1) is 14.0. The van der Waals surface area contributed by atoms with Crippen LogP contribution in [0.15, 0.2) is 24.5 Å². The molecule has 1 fully saturated rings. The Balaban J connectivity index is 1.98. The maximum atomic E-state index is 12.1. The van der Waals surface area contributed by atoms with E-state index in [2.05, 4.69) is 34.1 Å². The molecule has 0 bridgehead atoms. The maximum absolute atomic E-state index is 12.1. The number of nitrogens with zero attached hydrogens (tertiary/aromatic N) is 3. The van der Waals surface area contributed by atoms with E-state index in [-0.39, 0.29) is 11.9 Å². The molecule has 0 spiro atoms. The van der Waals surface area contributed by atoms with E-state index in [1.54, 1.807) is 24.5 Å². The predicted molar refractivity (Wildman–Crippen MR) is 75.1 cm³/mol. The highest BCUT2D eigenvalue weighted by Crippen LogP contribution is 2.04. The van der Waals surface area contributed by atoms with Crippen LogP contribution in [0.1, 0.15) is 17.3 Å². The third-order valence-electron chi connectivity index (χ3n) is 3.51. The Morgan fingerprint density at radius 1 is 1.47 bits per heavy atom. The van der Waals surface area contributed by atoms with Gasteiger partial charge in [0.25, 0.3) is 5.91 Å². The van der Waals surface area contributed by atoms with Gasteiger partial charge in [0.15, 0.2) is 0 Å². The van der Waals surface area contributed by atoms with Gasteiger partial charge in [-0.3, -0.25) is 9.78 Å². The highest BCUT2D eigenvalue weighted by molar-refractivity contribution is 5.94. The normalized spacial score (nSPS) is 21.9. The second-order valence-corrected chi connectivity index (χ2v) is 5.07. The van der Waals surface area contributed by atoms with Gasteiger partial charge < -0.3 is 15.1 Å². The van der Waals surface area contributed by atoms with Crippen molar-refractivity contribution in [3.8, 4) is 0 Å². The van der Waals surface area contributed by atoms with Gasteiger partial charge in [0.05, 0.1) is 11.6 Å². The number of carbonyl (C=O) groups is 1. The van der Waals surface area contributed by atoms with Gasteiger partial charge in [0, 0.05) is 38.6 Å². The number of nitrogens with one attached hydrogen (secondary N) is 1. The summed E-state index contributed by atoms with van der Waals surface area (Å²) in [7, 11) is 2.10. The van der Waals surface area contributed by atoms with Crippen LogP contribution in [-0.2, 0) is 0 Å². The summed E-state index contributed by atoms with van der Waals surface area (Å²) in [5.41, 5.74) is 0.623. The average Bonchev–Trinajstić information content (AvgIpc) is 2.61. The van der Waals surface area contributed by atoms with Gasteiger partial charge in [-0.05, 0) is 25.7 Å². The second kappa shape index (κ2) is 6.63. The summed E-state index contributed by atoms with van der Waals surface area (Å²) in [6, 6.07) is 3.74. The molecule has 19 heavy (non-hydrogen) atoms. The van der Waals surface area contributed by atoms with Crippen molar-refractivity contribution < 1.29 is 4.79 Å². The highest BCUT2D eigenvalue weighted by atomic mass is 16.1. The highest BCUT2D eigenvalue weighted by Gasteiger charge is 2.21. The Labute approximate surface area is 114 Å². The quantitative estimate of drug-likeness (QED) is 0.859. The molecule has 5 heteroatoms. The lowest BCUT2D eigenvalue weighted by molar-refractivity contribution is 0.0924. The molecule has 1 atom stereocenters. The minimum atomic E-state index is -0.0375. The molecule has 2 rings (SSSR count). The first-order chi connectivity index (χ1) is 9.19. The van der Waals surface area contributed by atoms with Crippen molar-refractivity contribution in [2.45, 2.75) is 13.0 Å². The van der Waals surface area contributed by atoms with E-state index in [4.69, 9.17) is 0 Å². The van der Waals surface area contributed by atoms with Gasteiger partial charge in [-0.15, -0.1) is 0 Å². The number of amides is 1. The van der Waals surface area contributed by atoms with Crippen LogP contribution in [-0.4, -0.2) is 66.5 Å². The summed E-state index contributed by atoms with van der Waals surface area (Å²) in [5.74, 6) is -0.0375. The van der Waals surface area contributed by atoms with E-state index in [0.717, 1.165) is 32.7 Å². The van der Waals surface area contributed by atoms with Crippen LogP contribution >= 0.6 is 0 Å². The van der Waals surface area contributed by atoms with Crippen LogP contribution in [0.4, 0.5) is 0 Å².